The van der Waals surface area contributed by atoms with Gasteiger partial charge in [0.2, 0.25) is 0 Å². The van der Waals surface area contributed by atoms with E-state index in [0.717, 1.165) is 41.7 Å². The number of hydrogen-bond acceptors (Lipinski definition) is 2. The molecule has 0 saturated carbocycles. The summed E-state index contributed by atoms with van der Waals surface area (Å²) < 4.78 is 5.45. The summed E-state index contributed by atoms with van der Waals surface area (Å²) in [6, 6.07) is 9.71. The number of rotatable bonds is 2. The summed E-state index contributed by atoms with van der Waals surface area (Å²) in [5.74, 6) is 1.01. The predicted molar refractivity (Wildman–Crippen MR) is 73.0 cm³/mol. The lowest BCUT2D eigenvalue weighted by atomic mass is 9.93. The van der Waals surface area contributed by atoms with Gasteiger partial charge in [0.25, 0.3) is 5.91 Å². The molecule has 1 aliphatic carbocycles. The second-order valence-electron chi connectivity index (χ2n) is 5.03. The molecule has 0 unspecified atom stereocenters. The first-order chi connectivity index (χ1) is 9.25. The molecular weight excluding hydrogens is 238 g/mol. The molecule has 1 aromatic carbocycles. The largest absolute Gasteiger partial charge is 0.469 e. The number of furan rings is 1. The van der Waals surface area contributed by atoms with Gasteiger partial charge in [0.15, 0.2) is 0 Å². The van der Waals surface area contributed by atoms with Crippen molar-refractivity contribution in [2.75, 3.05) is 0 Å². The number of carbonyl (C=O) groups is 1. The minimum absolute atomic E-state index is 0.00264. The summed E-state index contributed by atoms with van der Waals surface area (Å²) in [4.78, 5) is 12.3. The second-order valence-corrected chi connectivity index (χ2v) is 5.03. The maximum Gasteiger partial charge on any atom is 0.252 e. The maximum absolute atomic E-state index is 12.3. The van der Waals surface area contributed by atoms with E-state index in [1.54, 1.807) is 6.26 Å². The number of nitrogens with one attached hydrogen (secondary N) is 1. The zero-order valence-electron chi connectivity index (χ0n) is 11.0. The Kier molecular flexibility index (Phi) is 3.11. The van der Waals surface area contributed by atoms with Crippen molar-refractivity contribution in [3.05, 3.63) is 59.0 Å². The highest BCUT2D eigenvalue weighted by Gasteiger charge is 2.24. The molecule has 1 aromatic heterocycles. The Labute approximate surface area is 112 Å². The zero-order chi connectivity index (χ0) is 13.2. The predicted octanol–water partition coefficient (Wildman–Crippen LogP) is 3.40. The Bertz CT molecular complexity index is 600. The van der Waals surface area contributed by atoms with E-state index in [2.05, 4.69) is 5.32 Å². The van der Waals surface area contributed by atoms with Crippen LogP contribution in [0.15, 0.2) is 41.0 Å². The molecule has 2 aromatic rings. The normalized spacial score (nSPS) is 17.8. The average molecular weight is 255 g/mol. The first-order valence-electron chi connectivity index (χ1n) is 6.68. The Hall–Kier alpha value is -2.03. The third kappa shape index (κ3) is 2.28. The van der Waals surface area contributed by atoms with E-state index < -0.39 is 0 Å². The fraction of sp³-hybridized carbons (Fsp3) is 0.312. The van der Waals surface area contributed by atoms with E-state index in [9.17, 15) is 4.79 Å². The van der Waals surface area contributed by atoms with Crippen molar-refractivity contribution in [2.24, 2.45) is 0 Å². The van der Waals surface area contributed by atoms with E-state index in [1.807, 2.05) is 37.3 Å². The molecule has 1 amide bonds. The standard InChI is InChI=1S/C16H17NO2/c1-11-5-2-3-6-12(11)16(18)17-14-7-4-8-15-13(14)9-10-19-15/h2-3,5-6,9-10,14H,4,7-8H2,1H3,(H,17,18)/t14-/m1/s1. The van der Waals surface area contributed by atoms with Crippen LogP contribution in [0.25, 0.3) is 0 Å². The number of amides is 1. The van der Waals surface area contributed by atoms with Crippen molar-refractivity contribution in [3.63, 3.8) is 0 Å². The van der Waals surface area contributed by atoms with Gasteiger partial charge in [0.1, 0.15) is 5.76 Å². The van der Waals surface area contributed by atoms with Crippen molar-refractivity contribution in [3.8, 4) is 0 Å². The lowest BCUT2D eigenvalue weighted by Gasteiger charge is -2.23. The van der Waals surface area contributed by atoms with Crippen molar-refractivity contribution in [2.45, 2.75) is 32.2 Å². The highest BCUT2D eigenvalue weighted by Crippen LogP contribution is 2.30. The van der Waals surface area contributed by atoms with Gasteiger partial charge in [0.05, 0.1) is 12.3 Å². The van der Waals surface area contributed by atoms with Gasteiger partial charge in [-0.3, -0.25) is 4.79 Å². The lowest BCUT2D eigenvalue weighted by molar-refractivity contribution is 0.0931. The molecule has 0 fully saturated rings. The number of carbonyl (C=O) groups excluding carboxylic acids is 1. The summed E-state index contributed by atoms with van der Waals surface area (Å²) in [5.41, 5.74) is 2.88. The minimum Gasteiger partial charge on any atom is -0.469 e. The molecular formula is C16H17NO2. The molecule has 1 N–H and O–H groups in total. The SMILES string of the molecule is Cc1ccccc1C(=O)N[C@@H]1CCCc2occc21. The van der Waals surface area contributed by atoms with Crippen LogP contribution < -0.4 is 5.32 Å². The molecule has 0 bridgehead atoms. The van der Waals surface area contributed by atoms with E-state index >= 15 is 0 Å². The smallest absolute Gasteiger partial charge is 0.252 e. The molecule has 0 aliphatic heterocycles. The van der Waals surface area contributed by atoms with Crippen molar-refractivity contribution < 1.29 is 9.21 Å². The molecule has 3 nitrogen and oxygen atoms in total. The van der Waals surface area contributed by atoms with Crippen LogP contribution in [0.5, 0.6) is 0 Å². The summed E-state index contributed by atoms with van der Waals surface area (Å²) >= 11 is 0. The summed E-state index contributed by atoms with van der Waals surface area (Å²) in [6.07, 6.45) is 4.71. The molecule has 0 radical (unpaired) electrons. The van der Waals surface area contributed by atoms with Gasteiger partial charge in [-0.1, -0.05) is 18.2 Å². The van der Waals surface area contributed by atoms with E-state index in [-0.39, 0.29) is 11.9 Å². The van der Waals surface area contributed by atoms with E-state index in [1.165, 1.54) is 0 Å². The Morgan fingerprint density at radius 1 is 1.32 bits per heavy atom. The molecule has 98 valence electrons. The molecule has 3 heteroatoms. The minimum atomic E-state index is -0.00264. The molecule has 1 heterocycles. The van der Waals surface area contributed by atoms with E-state index in [4.69, 9.17) is 4.42 Å². The number of hydrogen-bond donors (Lipinski definition) is 1. The Morgan fingerprint density at radius 2 is 2.16 bits per heavy atom. The highest BCUT2D eigenvalue weighted by molar-refractivity contribution is 5.95. The molecule has 1 aliphatic rings. The summed E-state index contributed by atoms with van der Waals surface area (Å²) in [7, 11) is 0. The fourth-order valence-electron chi connectivity index (χ4n) is 2.70. The molecule has 3 rings (SSSR count). The van der Waals surface area contributed by atoms with Gasteiger partial charge in [-0.15, -0.1) is 0 Å². The molecule has 19 heavy (non-hydrogen) atoms. The zero-order valence-corrected chi connectivity index (χ0v) is 11.0. The second kappa shape index (κ2) is 4.92. The van der Waals surface area contributed by atoms with Gasteiger partial charge in [-0.05, 0) is 37.5 Å². The van der Waals surface area contributed by atoms with E-state index in [0.29, 0.717) is 0 Å². The topological polar surface area (TPSA) is 42.2 Å². The number of fused-ring (bicyclic) bond motifs is 1. The van der Waals surface area contributed by atoms with Crippen molar-refractivity contribution in [1.82, 2.24) is 5.32 Å². The number of aryl methyl sites for hydroxylation is 2. The van der Waals surface area contributed by atoms with Crippen LogP contribution in [0.4, 0.5) is 0 Å². The fourth-order valence-corrected chi connectivity index (χ4v) is 2.70. The van der Waals surface area contributed by atoms with Gasteiger partial charge in [-0.2, -0.15) is 0 Å². The molecule has 1 atom stereocenters. The average Bonchev–Trinajstić information content (AvgIpc) is 2.88. The van der Waals surface area contributed by atoms with Crippen LogP contribution in [0.2, 0.25) is 0 Å². The summed E-state index contributed by atoms with van der Waals surface area (Å²) in [5, 5.41) is 3.12. The van der Waals surface area contributed by atoms with Gasteiger partial charge in [0, 0.05) is 17.5 Å². The third-order valence-corrected chi connectivity index (χ3v) is 3.75. The van der Waals surface area contributed by atoms with Crippen molar-refractivity contribution >= 4 is 5.91 Å². The first-order valence-corrected chi connectivity index (χ1v) is 6.68. The monoisotopic (exact) mass is 255 g/mol. The molecule has 0 spiro atoms. The Morgan fingerprint density at radius 3 is 3.00 bits per heavy atom. The van der Waals surface area contributed by atoms with Crippen molar-refractivity contribution in [1.29, 1.82) is 0 Å². The van der Waals surface area contributed by atoms with Crippen LogP contribution >= 0.6 is 0 Å². The Balaban J connectivity index is 1.80. The molecule has 0 saturated heterocycles. The van der Waals surface area contributed by atoms with Crippen LogP contribution in [-0.4, -0.2) is 5.91 Å². The van der Waals surface area contributed by atoms with Crippen LogP contribution in [0.1, 0.15) is 46.1 Å². The number of benzene rings is 1. The highest BCUT2D eigenvalue weighted by atomic mass is 16.3. The maximum atomic E-state index is 12.3. The lowest BCUT2D eigenvalue weighted by Crippen LogP contribution is -2.30. The van der Waals surface area contributed by atoms with Gasteiger partial charge < -0.3 is 9.73 Å². The van der Waals surface area contributed by atoms with Crippen LogP contribution in [0, 0.1) is 6.92 Å². The van der Waals surface area contributed by atoms with Gasteiger partial charge >= 0.3 is 0 Å². The third-order valence-electron chi connectivity index (χ3n) is 3.75. The quantitative estimate of drug-likeness (QED) is 0.893. The van der Waals surface area contributed by atoms with Crippen LogP contribution in [0.3, 0.4) is 0 Å². The van der Waals surface area contributed by atoms with Crippen LogP contribution in [-0.2, 0) is 6.42 Å². The summed E-state index contributed by atoms with van der Waals surface area (Å²) in [6.45, 7) is 1.96. The first kappa shape index (κ1) is 12.0. The van der Waals surface area contributed by atoms with Gasteiger partial charge in [-0.25, -0.2) is 0 Å².